The minimum absolute atomic E-state index is 0.901. The number of aromatic nitrogens is 1. The van der Waals surface area contributed by atoms with Gasteiger partial charge in [-0.1, -0.05) is 187 Å². The summed E-state index contributed by atoms with van der Waals surface area (Å²) >= 11 is 0. The average Bonchev–Trinajstić information content (AvgIpc) is 3.97. The van der Waals surface area contributed by atoms with Crippen LogP contribution in [0.4, 0.5) is 17.1 Å². The fourth-order valence-corrected chi connectivity index (χ4v) is 10.7. The minimum Gasteiger partial charge on any atom is -0.455 e. The van der Waals surface area contributed by atoms with Crippen molar-refractivity contribution in [2.45, 2.75) is 13.8 Å². The zero-order chi connectivity index (χ0) is 47.4. The van der Waals surface area contributed by atoms with Gasteiger partial charge in [0.05, 0.1) is 11.0 Å². The largest absolute Gasteiger partial charge is 0.455 e. The van der Waals surface area contributed by atoms with Crippen molar-refractivity contribution >= 4 is 60.8 Å². The van der Waals surface area contributed by atoms with E-state index in [1.165, 1.54) is 66.3 Å². The number of hydrogen-bond acceptors (Lipinski definition) is 2. The Labute approximate surface area is 413 Å². The van der Waals surface area contributed by atoms with E-state index in [0.29, 0.717) is 0 Å². The molecule has 0 bridgehead atoms. The monoisotopic (exact) mass is 908 g/mol. The number of hydrogen-bond donors (Lipinski definition) is 0. The van der Waals surface area contributed by atoms with Crippen LogP contribution in [0.15, 0.2) is 259 Å². The number of furan rings is 1. The van der Waals surface area contributed by atoms with Gasteiger partial charge >= 0.3 is 0 Å². The van der Waals surface area contributed by atoms with Crippen LogP contribution in [0.3, 0.4) is 0 Å². The lowest BCUT2D eigenvalue weighted by atomic mass is 9.96. The maximum absolute atomic E-state index is 6.47. The molecule has 0 N–H and O–H groups in total. The third-order valence-corrected chi connectivity index (χ3v) is 14.1. The van der Waals surface area contributed by atoms with E-state index in [0.717, 1.165) is 66.9 Å². The number of fused-ring (bicyclic) bond motifs is 6. The Hall–Kier alpha value is -9.18. The van der Waals surface area contributed by atoms with E-state index in [2.05, 4.69) is 266 Å². The summed E-state index contributed by atoms with van der Waals surface area (Å²) < 4.78 is 8.83. The van der Waals surface area contributed by atoms with Crippen LogP contribution in [0, 0.1) is 13.8 Å². The molecule has 0 unspecified atom stereocenters. The van der Waals surface area contributed by atoms with Crippen molar-refractivity contribution < 1.29 is 4.42 Å². The summed E-state index contributed by atoms with van der Waals surface area (Å²) in [6.07, 6.45) is 0. The van der Waals surface area contributed by atoms with E-state index in [9.17, 15) is 0 Å². The molecule has 71 heavy (non-hydrogen) atoms. The normalized spacial score (nSPS) is 11.5. The highest BCUT2D eigenvalue weighted by atomic mass is 16.3. The van der Waals surface area contributed by atoms with Gasteiger partial charge in [0, 0.05) is 49.9 Å². The Balaban J connectivity index is 0.851. The van der Waals surface area contributed by atoms with E-state index in [1.807, 2.05) is 12.1 Å². The van der Waals surface area contributed by atoms with Crippen molar-refractivity contribution in [1.29, 1.82) is 0 Å². The molecule has 0 atom stereocenters. The number of para-hydroxylation sites is 4. The van der Waals surface area contributed by atoms with E-state index in [-0.39, 0.29) is 0 Å². The minimum atomic E-state index is 0.901. The standard InChI is InChI=1S/C68H48N2O/c1-45-40-46(2)42-55(41-45)50-24-22-47(23-25-50)52-12-10-13-53(43-52)48-26-33-57(34-27-48)69(59-37-30-51(31-38-59)60-18-11-19-63-62-17-7-9-21-67(62)71-68(60)63)58-35-28-49(29-36-58)54-32-39-66-64(44-54)61-16-6-8-20-65(61)70(66)56-14-4-3-5-15-56/h3-44H,1-2H3. The van der Waals surface area contributed by atoms with Crippen molar-refractivity contribution in [2.24, 2.45) is 0 Å². The van der Waals surface area contributed by atoms with Crippen LogP contribution in [0.5, 0.6) is 0 Å². The van der Waals surface area contributed by atoms with E-state index in [4.69, 9.17) is 4.42 Å². The summed E-state index contributed by atoms with van der Waals surface area (Å²) in [5, 5.41) is 4.74. The van der Waals surface area contributed by atoms with Crippen molar-refractivity contribution in [3.8, 4) is 61.3 Å². The molecule has 11 aromatic carbocycles. The summed E-state index contributed by atoms with van der Waals surface area (Å²) in [6.45, 7) is 4.32. The van der Waals surface area contributed by atoms with Crippen LogP contribution in [-0.4, -0.2) is 4.57 Å². The van der Waals surface area contributed by atoms with Crippen LogP contribution in [0.1, 0.15) is 11.1 Å². The molecule has 3 heteroatoms. The molecule has 0 saturated carbocycles. The van der Waals surface area contributed by atoms with Gasteiger partial charge in [-0.25, -0.2) is 0 Å². The summed E-state index contributed by atoms with van der Waals surface area (Å²) in [6, 6.07) is 92.4. The summed E-state index contributed by atoms with van der Waals surface area (Å²) in [5.41, 5.74) is 22.9. The molecular formula is C68H48N2O. The lowest BCUT2D eigenvalue weighted by molar-refractivity contribution is 0.670. The third-order valence-electron chi connectivity index (χ3n) is 14.1. The van der Waals surface area contributed by atoms with Gasteiger partial charge in [0.2, 0.25) is 0 Å². The van der Waals surface area contributed by atoms with Gasteiger partial charge in [-0.2, -0.15) is 0 Å². The molecular weight excluding hydrogens is 861 g/mol. The Morgan fingerprint density at radius 3 is 1.44 bits per heavy atom. The second-order valence-corrected chi connectivity index (χ2v) is 18.7. The van der Waals surface area contributed by atoms with Crippen LogP contribution >= 0.6 is 0 Å². The fourth-order valence-electron chi connectivity index (χ4n) is 10.7. The zero-order valence-corrected chi connectivity index (χ0v) is 39.6. The van der Waals surface area contributed by atoms with Crippen LogP contribution < -0.4 is 4.90 Å². The predicted octanol–water partition coefficient (Wildman–Crippen LogP) is 19.1. The molecule has 2 heterocycles. The molecule has 13 rings (SSSR count). The van der Waals surface area contributed by atoms with E-state index < -0.39 is 0 Å². The van der Waals surface area contributed by atoms with Crippen molar-refractivity contribution in [2.75, 3.05) is 4.90 Å². The highest BCUT2D eigenvalue weighted by Crippen LogP contribution is 2.41. The lowest BCUT2D eigenvalue weighted by Gasteiger charge is -2.26. The number of nitrogens with zero attached hydrogens (tertiary/aromatic N) is 2. The lowest BCUT2D eigenvalue weighted by Crippen LogP contribution is -2.09. The Bertz CT molecular complexity index is 4070. The molecule has 0 radical (unpaired) electrons. The van der Waals surface area contributed by atoms with E-state index in [1.54, 1.807) is 0 Å². The topological polar surface area (TPSA) is 21.3 Å². The second kappa shape index (κ2) is 17.4. The molecule has 0 saturated heterocycles. The fraction of sp³-hybridized carbons (Fsp3) is 0.0294. The van der Waals surface area contributed by atoms with Gasteiger partial charge in [0.15, 0.2) is 0 Å². The molecule has 0 spiro atoms. The van der Waals surface area contributed by atoms with Gasteiger partial charge in [0.1, 0.15) is 11.2 Å². The van der Waals surface area contributed by atoms with Crippen molar-refractivity contribution in [3.63, 3.8) is 0 Å². The van der Waals surface area contributed by atoms with Crippen molar-refractivity contribution in [1.82, 2.24) is 4.57 Å². The first-order valence-corrected chi connectivity index (χ1v) is 24.4. The Morgan fingerprint density at radius 1 is 0.310 bits per heavy atom. The Kier molecular flexibility index (Phi) is 10.3. The molecule has 3 nitrogen and oxygen atoms in total. The molecule has 0 fully saturated rings. The molecule has 2 aromatic heterocycles. The second-order valence-electron chi connectivity index (χ2n) is 18.7. The van der Waals surface area contributed by atoms with Gasteiger partial charge in [-0.3, -0.25) is 0 Å². The highest BCUT2D eigenvalue weighted by Gasteiger charge is 2.18. The quantitative estimate of drug-likeness (QED) is 0.144. The first-order valence-electron chi connectivity index (χ1n) is 24.4. The van der Waals surface area contributed by atoms with Crippen LogP contribution in [0.2, 0.25) is 0 Å². The highest BCUT2D eigenvalue weighted by molar-refractivity contribution is 6.11. The maximum atomic E-state index is 6.47. The molecule has 13 aromatic rings. The number of rotatable bonds is 9. The molecule has 0 amide bonds. The number of anilines is 3. The average molecular weight is 909 g/mol. The molecule has 0 aliphatic carbocycles. The van der Waals surface area contributed by atoms with Crippen LogP contribution in [-0.2, 0) is 0 Å². The third kappa shape index (κ3) is 7.65. The molecule has 336 valence electrons. The summed E-state index contributed by atoms with van der Waals surface area (Å²) in [7, 11) is 0. The number of aryl methyl sites for hydroxylation is 2. The van der Waals surface area contributed by atoms with Crippen LogP contribution in [0.25, 0.3) is 105 Å². The zero-order valence-electron chi connectivity index (χ0n) is 39.6. The first kappa shape index (κ1) is 42.0. The maximum Gasteiger partial charge on any atom is 0.143 e. The SMILES string of the molecule is Cc1cc(C)cc(-c2ccc(-c3cccc(-c4ccc(N(c5ccc(-c6ccc7c(c6)c6ccccc6n7-c6ccccc6)cc5)c5ccc(-c6cccc7c6oc6ccccc67)cc5)cc4)c3)cc2)c1. The molecule has 0 aliphatic heterocycles. The first-order chi connectivity index (χ1) is 35.0. The predicted molar refractivity (Wildman–Crippen MR) is 299 cm³/mol. The summed E-state index contributed by atoms with van der Waals surface area (Å²) in [5.74, 6) is 0. The van der Waals surface area contributed by atoms with Gasteiger partial charge in [-0.05, 0) is 143 Å². The Morgan fingerprint density at radius 2 is 0.789 bits per heavy atom. The summed E-state index contributed by atoms with van der Waals surface area (Å²) in [4.78, 5) is 2.35. The van der Waals surface area contributed by atoms with Gasteiger partial charge in [-0.15, -0.1) is 0 Å². The van der Waals surface area contributed by atoms with Gasteiger partial charge < -0.3 is 13.9 Å². The number of benzene rings is 11. The van der Waals surface area contributed by atoms with E-state index >= 15 is 0 Å². The smallest absolute Gasteiger partial charge is 0.143 e. The van der Waals surface area contributed by atoms with Crippen molar-refractivity contribution in [3.05, 3.63) is 266 Å². The van der Waals surface area contributed by atoms with Gasteiger partial charge in [0.25, 0.3) is 0 Å². The molecule has 0 aliphatic rings.